The van der Waals surface area contributed by atoms with Crippen molar-refractivity contribution in [1.29, 1.82) is 0 Å². The van der Waals surface area contributed by atoms with Gasteiger partial charge in [0.2, 0.25) is 0 Å². The number of hydrogen-bond acceptors (Lipinski definition) is 2. The molecule has 3 heteroatoms. The van der Waals surface area contributed by atoms with Gasteiger partial charge in [0, 0.05) is 11.4 Å². The molecule has 0 spiro atoms. The third-order valence-corrected chi connectivity index (χ3v) is 2.03. The molecule has 0 aliphatic heterocycles. The Labute approximate surface area is 82.8 Å². The van der Waals surface area contributed by atoms with Crippen molar-refractivity contribution in [2.24, 2.45) is 0 Å². The number of halogens is 1. The quantitative estimate of drug-likeness (QED) is 0.785. The first kappa shape index (κ1) is 10.5. The fraction of sp³-hybridized carbons (Fsp3) is 0.400. The summed E-state index contributed by atoms with van der Waals surface area (Å²) in [7, 11) is 0. The van der Waals surface area contributed by atoms with Crippen LogP contribution in [0.1, 0.15) is 25.0 Å². The number of benzene rings is 1. The predicted molar refractivity (Wildman–Crippen MR) is 52.7 cm³/mol. The van der Waals surface area contributed by atoms with Gasteiger partial charge < -0.3 is 10.2 Å². The highest BCUT2D eigenvalue weighted by molar-refractivity contribution is 6.30. The summed E-state index contributed by atoms with van der Waals surface area (Å²) in [4.78, 5) is 0. The van der Waals surface area contributed by atoms with E-state index in [0.717, 1.165) is 5.56 Å². The molecular weight excluding hydrogens is 188 g/mol. The molecule has 0 saturated heterocycles. The minimum Gasteiger partial charge on any atom is -0.393 e. The van der Waals surface area contributed by atoms with Crippen LogP contribution in [-0.2, 0) is 0 Å². The molecule has 0 bridgehead atoms. The second kappa shape index (κ2) is 4.61. The molecule has 0 amide bonds. The normalized spacial score (nSPS) is 15.4. The van der Waals surface area contributed by atoms with Gasteiger partial charge in [0.05, 0.1) is 12.2 Å². The second-order valence-corrected chi connectivity index (χ2v) is 3.59. The Morgan fingerprint density at radius 1 is 1.38 bits per heavy atom. The molecule has 0 aliphatic rings. The Kier molecular flexibility index (Phi) is 3.72. The van der Waals surface area contributed by atoms with E-state index in [1.165, 1.54) is 0 Å². The largest absolute Gasteiger partial charge is 0.393 e. The minimum absolute atomic E-state index is 0.334. The van der Waals surface area contributed by atoms with E-state index in [-0.39, 0.29) is 0 Å². The molecule has 1 rings (SSSR count). The molecule has 0 fully saturated rings. The minimum atomic E-state index is -0.640. The van der Waals surface area contributed by atoms with Crippen LogP contribution in [0.15, 0.2) is 24.3 Å². The van der Waals surface area contributed by atoms with Gasteiger partial charge in [-0.3, -0.25) is 0 Å². The molecule has 0 radical (unpaired) electrons. The maximum absolute atomic E-state index is 9.60. The number of rotatable bonds is 3. The van der Waals surface area contributed by atoms with Gasteiger partial charge in [-0.25, -0.2) is 0 Å². The van der Waals surface area contributed by atoms with Gasteiger partial charge in [-0.2, -0.15) is 0 Å². The molecule has 2 nitrogen and oxygen atoms in total. The zero-order chi connectivity index (χ0) is 9.84. The van der Waals surface area contributed by atoms with Crippen molar-refractivity contribution in [1.82, 2.24) is 0 Å². The van der Waals surface area contributed by atoms with Gasteiger partial charge in [-0.05, 0) is 24.6 Å². The van der Waals surface area contributed by atoms with Crippen LogP contribution in [0.5, 0.6) is 0 Å². The highest BCUT2D eigenvalue weighted by Crippen LogP contribution is 2.21. The topological polar surface area (TPSA) is 40.5 Å². The van der Waals surface area contributed by atoms with E-state index in [1.54, 1.807) is 31.2 Å². The summed E-state index contributed by atoms with van der Waals surface area (Å²) in [6.07, 6.45) is -0.812. The van der Waals surface area contributed by atoms with Crippen molar-refractivity contribution >= 4 is 11.6 Å². The Hall–Kier alpha value is -0.570. The molecule has 0 aromatic heterocycles. The lowest BCUT2D eigenvalue weighted by Gasteiger charge is -2.12. The Morgan fingerprint density at radius 2 is 2.08 bits per heavy atom. The van der Waals surface area contributed by atoms with Gasteiger partial charge in [0.15, 0.2) is 0 Å². The van der Waals surface area contributed by atoms with Crippen LogP contribution in [0, 0.1) is 0 Å². The first-order chi connectivity index (χ1) is 6.09. The van der Waals surface area contributed by atoms with Gasteiger partial charge >= 0.3 is 0 Å². The first-order valence-electron chi connectivity index (χ1n) is 4.21. The number of aliphatic hydroxyl groups is 2. The number of hydrogen-bond donors (Lipinski definition) is 2. The SMILES string of the molecule is C[C@@H](O)C[C@@H](O)c1cccc(Cl)c1. The fourth-order valence-corrected chi connectivity index (χ4v) is 1.37. The Balaban J connectivity index is 2.71. The van der Waals surface area contributed by atoms with Crippen molar-refractivity contribution < 1.29 is 10.2 Å². The van der Waals surface area contributed by atoms with Crippen LogP contribution in [0.2, 0.25) is 5.02 Å². The molecule has 13 heavy (non-hydrogen) atoms. The van der Waals surface area contributed by atoms with Gasteiger partial charge in [0.25, 0.3) is 0 Å². The molecule has 0 aliphatic carbocycles. The van der Waals surface area contributed by atoms with Crippen LogP contribution >= 0.6 is 11.6 Å². The lowest BCUT2D eigenvalue weighted by molar-refractivity contribution is 0.0907. The van der Waals surface area contributed by atoms with E-state index in [2.05, 4.69) is 0 Å². The molecule has 2 atom stereocenters. The maximum atomic E-state index is 9.60. The molecule has 0 saturated carbocycles. The average Bonchev–Trinajstić information content (AvgIpc) is 2.03. The van der Waals surface area contributed by atoms with Gasteiger partial charge in [-0.15, -0.1) is 0 Å². The molecular formula is C10H13ClO2. The van der Waals surface area contributed by atoms with Crippen LogP contribution in [0.3, 0.4) is 0 Å². The van der Waals surface area contributed by atoms with Gasteiger partial charge in [0.1, 0.15) is 0 Å². The Bertz CT molecular complexity index is 273. The standard InChI is InChI=1S/C10H13ClO2/c1-7(12)5-10(13)8-3-2-4-9(11)6-8/h2-4,6-7,10,12-13H,5H2,1H3/t7-,10-/m1/s1. The smallest absolute Gasteiger partial charge is 0.0815 e. The summed E-state index contributed by atoms with van der Waals surface area (Å²) in [6, 6.07) is 7.02. The van der Waals surface area contributed by atoms with E-state index >= 15 is 0 Å². The van der Waals surface area contributed by atoms with Crippen molar-refractivity contribution in [3.05, 3.63) is 34.9 Å². The highest BCUT2D eigenvalue weighted by Gasteiger charge is 2.10. The highest BCUT2D eigenvalue weighted by atomic mass is 35.5. The van der Waals surface area contributed by atoms with Crippen LogP contribution in [0.4, 0.5) is 0 Å². The van der Waals surface area contributed by atoms with E-state index < -0.39 is 12.2 Å². The first-order valence-corrected chi connectivity index (χ1v) is 4.59. The molecule has 0 unspecified atom stereocenters. The predicted octanol–water partition coefficient (Wildman–Crippen LogP) is 2.14. The number of aliphatic hydroxyl groups excluding tert-OH is 2. The zero-order valence-corrected chi connectivity index (χ0v) is 8.20. The second-order valence-electron chi connectivity index (χ2n) is 3.16. The summed E-state index contributed by atoms with van der Waals surface area (Å²) in [5.41, 5.74) is 0.744. The van der Waals surface area contributed by atoms with Crippen molar-refractivity contribution in [2.45, 2.75) is 25.6 Å². The fourth-order valence-electron chi connectivity index (χ4n) is 1.17. The van der Waals surface area contributed by atoms with Crippen molar-refractivity contribution in [2.75, 3.05) is 0 Å². The van der Waals surface area contributed by atoms with E-state index in [9.17, 15) is 5.11 Å². The van der Waals surface area contributed by atoms with Crippen LogP contribution in [0.25, 0.3) is 0 Å². The van der Waals surface area contributed by atoms with E-state index in [1.807, 2.05) is 0 Å². The third kappa shape index (κ3) is 3.35. The van der Waals surface area contributed by atoms with Crippen molar-refractivity contribution in [3.8, 4) is 0 Å². The molecule has 1 aromatic carbocycles. The summed E-state index contributed by atoms with van der Waals surface area (Å²) in [6.45, 7) is 1.65. The van der Waals surface area contributed by atoms with Crippen molar-refractivity contribution in [3.63, 3.8) is 0 Å². The summed E-state index contributed by atoms with van der Waals surface area (Å²) < 4.78 is 0. The van der Waals surface area contributed by atoms with E-state index in [0.29, 0.717) is 11.4 Å². The van der Waals surface area contributed by atoms with Crippen LogP contribution < -0.4 is 0 Å². The van der Waals surface area contributed by atoms with Crippen LogP contribution in [-0.4, -0.2) is 16.3 Å². The average molecular weight is 201 g/mol. The van der Waals surface area contributed by atoms with Gasteiger partial charge in [-0.1, -0.05) is 23.7 Å². The monoisotopic (exact) mass is 200 g/mol. The molecule has 2 N–H and O–H groups in total. The van der Waals surface area contributed by atoms with E-state index in [4.69, 9.17) is 16.7 Å². The summed E-state index contributed by atoms with van der Waals surface area (Å²) in [5.74, 6) is 0. The summed E-state index contributed by atoms with van der Waals surface area (Å²) in [5, 5.41) is 19.3. The zero-order valence-electron chi connectivity index (χ0n) is 7.44. The molecule has 0 heterocycles. The third-order valence-electron chi connectivity index (χ3n) is 1.80. The lowest BCUT2D eigenvalue weighted by Crippen LogP contribution is -2.07. The summed E-state index contributed by atoms with van der Waals surface area (Å²) >= 11 is 5.75. The lowest BCUT2D eigenvalue weighted by atomic mass is 10.0. The molecule has 72 valence electrons. The molecule has 1 aromatic rings. The maximum Gasteiger partial charge on any atom is 0.0815 e. The Morgan fingerprint density at radius 3 is 2.62 bits per heavy atom.